The molecule has 25 heavy (non-hydrogen) atoms. The largest absolute Gasteiger partial charge is 0.326 e. The molecule has 0 N–H and O–H groups in total. The molecule has 2 aliphatic rings. The second-order valence-corrected chi connectivity index (χ2v) is 7.02. The fraction of sp³-hybridized carbons (Fsp3) is 0.474. The first-order valence-electron chi connectivity index (χ1n) is 9.04. The van der Waals surface area contributed by atoms with Crippen LogP contribution in [-0.4, -0.2) is 69.8 Å². The molecular formula is C19H25N5O. The third-order valence-corrected chi connectivity index (χ3v) is 5.36. The van der Waals surface area contributed by atoms with Gasteiger partial charge in [-0.15, -0.1) is 0 Å². The number of rotatable bonds is 4. The number of hydrogen-bond donors (Lipinski definition) is 0. The first kappa shape index (κ1) is 16.1. The molecule has 2 amide bonds. The van der Waals surface area contributed by atoms with Crippen molar-refractivity contribution in [3.63, 3.8) is 0 Å². The van der Waals surface area contributed by atoms with E-state index in [-0.39, 0.29) is 6.03 Å². The molecule has 1 aromatic carbocycles. The van der Waals surface area contributed by atoms with E-state index >= 15 is 0 Å². The van der Waals surface area contributed by atoms with Gasteiger partial charge in [-0.05, 0) is 36.6 Å². The highest BCUT2D eigenvalue weighted by atomic mass is 16.2. The van der Waals surface area contributed by atoms with Crippen molar-refractivity contribution in [1.82, 2.24) is 24.5 Å². The zero-order valence-corrected chi connectivity index (χ0v) is 14.7. The summed E-state index contributed by atoms with van der Waals surface area (Å²) in [6, 6.07) is 11.1. The number of carbonyl (C=O) groups is 1. The minimum Gasteiger partial charge on any atom is -0.326 e. The monoisotopic (exact) mass is 339 g/mol. The van der Waals surface area contributed by atoms with Crippen molar-refractivity contribution >= 4 is 6.03 Å². The van der Waals surface area contributed by atoms with Gasteiger partial charge >= 0.3 is 6.03 Å². The maximum absolute atomic E-state index is 12.1. The Bertz CT molecular complexity index is 704. The van der Waals surface area contributed by atoms with Crippen molar-refractivity contribution in [1.29, 1.82) is 0 Å². The Morgan fingerprint density at radius 2 is 1.84 bits per heavy atom. The summed E-state index contributed by atoms with van der Waals surface area (Å²) in [6.07, 6.45) is 5.90. The number of likely N-dealkylation sites (N-methyl/N-ethyl adjacent to an activating group) is 1. The Morgan fingerprint density at radius 1 is 1.08 bits per heavy atom. The van der Waals surface area contributed by atoms with E-state index < -0.39 is 0 Å². The van der Waals surface area contributed by atoms with Crippen LogP contribution in [0.1, 0.15) is 18.4 Å². The number of hydrogen-bond acceptors (Lipinski definition) is 3. The number of urea groups is 1. The van der Waals surface area contributed by atoms with Gasteiger partial charge in [-0.1, -0.05) is 12.1 Å². The standard InChI is InChI=1S/C19H25N5O/c1-21-13-14-23(19(21)25)17-7-11-22(12-8-17)15-16-3-5-18(6-4-16)24-10-2-9-20-24/h2-6,9-10,17H,7-8,11-15H2,1H3. The molecule has 6 nitrogen and oxygen atoms in total. The lowest BCUT2D eigenvalue weighted by molar-refractivity contribution is 0.128. The number of aromatic nitrogens is 2. The number of benzene rings is 1. The Hall–Kier alpha value is -2.34. The third kappa shape index (κ3) is 3.39. The molecule has 2 fully saturated rings. The highest BCUT2D eigenvalue weighted by Gasteiger charge is 2.33. The number of piperidine rings is 1. The predicted molar refractivity (Wildman–Crippen MR) is 96.6 cm³/mol. The summed E-state index contributed by atoms with van der Waals surface area (Å²) in [5.74, 6) is 0. The highest BCUT2D eigenvalue weighted by molar-refractivity contribution is 5.76. The lowest BCUT2D eigenvalue weighted by Gasteiger charge is -2.36. The number of carbonyl (C=O) groups excluding carboxylic acids is 1. The van der Waals surface area contributed by atoms with Gasteiger partial charge < -0.3 is 9.80 Å². The Kier molecular flexibility index (Phi) is 4.44. The van der Waals surface area contributed by atoms with Crippen LogP contribution in [0.15, 0.2) is 42.7 Å². The average molecular weight is 339 g/mol. The van der Waals surface area contributed by atoms with Crippen molar-refractivity contribution < 1.29 is 4.79 Å². The first-order valence-corrected chi connectivity index (χ1v) is 9.04. The molecule has 0 bridgehead atoms. The van der Waals surface area contributed by atoms with Gasteiger partial charge in [-0.25, -0.2) is 9.48 Å². The van der Waals surface area contributed by atoms with E-state index in [1.807, 2.05) is 28.9 Å². The van der Waals surface area contributed by atoms with E-state index in [9.17, 15) is 4.79 Å². The molecule has 0 saturated carbocycles. The van der Waals surface area contributed by atoms with Gasteiger partial charge in [0.15, 0.2) is 0 Å². The van der Waals surface area contributed by atoms with Crippen LogP contribution in [0, 0.1) is 0 Å². The summed E-state index contributed by atoms with van der Waals surface area (Å²) in [5.41, 5.74) is 2.41. The molecule has 132 valence electrons. The number of amides is 2. The molecule has 0 atom stereocenters. The molecule has 0 unspecified atom stereocenters. The number of likely N-dealkylation sites (tertiary alicyclic amines) is 1. The third-order valence-electron chi connectivity index (χ3n) is 5.36. The van der Waals surface area contributed by atoms with E-state index in [1.165, 1.54) is 5.56 Å². The molecule has 2 aromatic rings. The fourth-order valence-electron chi connectivity index (χ4n) is 3.83. The second kappa shape index (κ2) is 6.88. The van der Waals surface area contributed by atoms with Gasteiger partial charge in [0.05, 0.1) is 5.69 Å². The molecule has 2 aliphatic heterocycles. The first-order chi connectivity index (χ1) is 12.2. The smallest absolute Gasteiger partial charge is 0.320 e. The van der Waals surface area contributed by atoms with E-state index in [2.05, 4.69) is 39.2 Å². The number of nitrogens with zero attached hydrogens (tertiary/aromatic N) is 5. The summed E-state index contributed by atoms with van der Waals surface area (Å²) in [7, 11) is 1.89. The molecular weight excluding hydrogens is 314 g/mol. The molecule has 0 spiro atoms. The SMILES string of the molecule is CN1CCN(C2CCN(Cc3ccc(-n4cccn4)cc3)CC2)C1=O. The Morgan fingerprint density at radius 3 is 2.44 bits per heavy atom. The molecule has 4 rings (SSSR count). The van der Waals surface area contributed by atoms with Gasteiger partial charge in [-0.2, -0.15) is 5.10 Å². The molecule has 0 radical (unpaired) electrons. The topological polar surface area (TPSA) is 44.6 Å². The van der Waals surface area contributed by atoms with Crippen LogP contribution in [0.5, 0.6) is 0 Å². The Labute approximate surface area is 148 Å². The molecule has 2 saturated heterocycles. The predicted octanol–water partition coefficient (Wildman–Crippen LogP) is 2.20. The van der Waals surface area contributed by atoms with Gasteiger partial charge in [0.25, 0.3) is 0 Å². The lowest BCUT2D eigenvalue weighted by atomic mass is 10.0. The van der Waals surface area contributed by atoms with Gasteiger partial charge in [-0.3, -0.25) is 4.90 Å². The molecule has 0 aliphatic carbocycles. The van der Waals surface area contributed by atoms with Gasteiger partial charge in [0, 0.05) is 58.2 Å². The van der Waals surface area contributed by atoms with Gasteiger partial charge in [0.2, 0.25) is 0 Å². The van der Waals surface area contributed by atoms with E-state index in [4.69, 9.17) is 0 Å². The Balaban J connectivity index is 1.31. The van der Waals surface area contributed by atoms with Crippen molar-refractivity contribution in [3.8, 4) is 5.69 Å². The van der Waals surface area contributed by atoms with Crippen molar-refractivity contribution in [3.05, 3.63) is 48.3 Å². The normalized spacial score (nSPS) is 19.8. The lowest BCUT2D eigenvalue weighted by Crippen LogP contribution is -2.46. The van der Waals surface area contributed by atoms with Crippen LogP contribution < -0.4 is 0 Å². The van der Waals surface area contributed by atoms with Crippen LogP contribution in [-0.2, 0) is 6.54 Å². The van der Waals surface area contributed by atoms with E-state index in [0.29, 0.717) is 6.04 Å². The fourth-order valence-corrected chi connectivity index (χ4v) is 3.83. The van der Waals surface area contributed by atoms with Gasteiger partial charge in [0.1, 0.15) is 0 Å². The van der Waals surface area contributed by atoms with Crippen molar-refractivity contribution in [2.24, 2.45) is 0 Å². The van der Waals surface area contributed by atoms with E-state index in [1.54, 1.807) is 6.20 Å². The maximum atomic E-state index is 12.1. The molecule has 6 heteroatoms. The summed E-state index contributed by atoms with van der Waals surface area (Å²) < 4.78 is 1.87. The highest BCUT2D eigenvalue weighted by Crippen LogP contribution is 2.22. The van der Waals surface area contributed by atoms with Crippen molar-refractivity contribution in [2.45, 2.75) is 25.4 Å². The van der Waals surface area contributed by atoms with Crippen LogP contribution in [0.4, 0.5) is 4.79 Å². The quantitative estimate of drug-likeness (QED) is 0.858. The summed E-state index contributed by atoms with van der Waals surface area (Å²) in [4.78, 5) is 18.5. The van der Waals surface area contributed by atoms with Crippen LogP contribution in [0.3, 0.4) is 0 Å². The molecule has 1 aromatic heterocycles. The zero-order valence-electron chi connectivity index (χ0n) is 14.7. The van der Waals surface area contributed by atoms with Crippen LogP contribution >= 0.6 is 0 Å². The van der Waals surface area contributed by atoms with Crippen LogP contribution in [0.25, 0.3) is 5.69 Å². The summed E-state index contributed by atoms with van der Waals surface area (Å²) in [5, 5.41) is 4.26. The van der Waals surface area contributed by atoms with E-state index in [0.717, 1.165) is 51.3 Å². The minimum atomic E-state index is 0.202. The van der Waals surface area contributed by atoms with Crippen molar-refractivity contribution in [2.75, 3.05) is 33.2 Å². The second-order valence-electron chi connectivity index (χ2n) is 7.02. The zero-order chi connectivity index (χ0) is 17.2. The summed E-state index contributed by atoms with van der Waals surface area (Å²) in [6.45, 7) is 4.83. The average Bonchev–Trinajstić information content (AvgIpc) is 3.28. The molecule has 3 heterocycles. The summed E-state index contributed by atoms with van der Waals surface area (Å²) >= 11 is 0. The van der Waals surface area contributed by atoms with Crippen LogP contribution in [0.2, 0.25) is 0 Å². The minimum absolute atomic E-state index is 0.202. The maximum Gasteiger partial charge on any atom is 0.320 e.